The molecule has 0 spiro atoms. The van der Waals surface area contributed by atoms with Crippen molar-refractivity contribution in [3.05, 3.63) is 29.8 Å². The van der Waals surface area contributed by atoms with E-state index in [9.17, 15) is 9.59 Å². The molecule has 1 saturated carbocycles. The number of rotatable bonds is 1. The lowest BCUT2D eigenvalue weighted by Crippen LogP contribution is -2.44. The summed E-state index contributed by atoms with van der Waals surface area (Å²) in [5, 5.41) is 0. The second-order valence-electron chi connectivity index (χ2n) is 9.23. The molecule has 5 heteroatoms. The van der Waals surface area contributed by atoms with Gasteiger partial charge in [-0.1, -0.05) is 19.1 Å². The molecule has 158 valence electrons. The van der Waals surface area contributed by atoms with Crippen LogP contribution in [0.2, 0.25) is 0 Å². The van der Waals surface area contributed by atoms with E-state index in [-0.39, 0.29) is 17.2 Å². The van der Waals surface area contributed by atoms with E-state index in [1.165, 1.54) is 12.0 Å². The van der Waals surface area contributed by atoms with E-state index in [2.05, 4.69) is 24.0 Å². The third-order valence-corrected chi connectivity index (χ3v) is 6.86. The fourth-order valence-corrected chi connectivity index (χ4v) is 4.69. The maximum absolute atomic E-state index is 12.9. The maximum Gasteiger partial charge on any atom is 0.228 e. The summed E-state index contributed by atoms with van der Waals surface area (Å²) in [6.45, 7) is 4.65. The molecule has 5 nitrogen and oxygen atoms in total. The van der Waals surface area contributed by atoms with Crippen LogP contribution in [0.4, 0.5) is 0 Å². The molecule has 1 atom stereocenters. The average molecular weight is 399 g/mol. The molecule has 2 amide bonds. The van der Waals surface area contributed by atoms with Gasteiger partial charge in [-0.25, -0.2) is 0 Å². The minimum atomic E-state index is -0.190. The number of hydrogen-bond donors (Lipinski definition) is 0. The molecule has 1 unspecified atom stereocenters. The highest BCUT2D eigenvalue weighted by Gasteiger charge is 2.46. The number of aryl methyl sites for hydroxylation is 1. The summed E-state index contributed by atoms with van der Waals surface area (Å²) in [4.78, 5) is 29.9. The highest BCUT2D eigenvalue weighted by Crippen LogP contribution is 2.46. The van der Waals surface area contributed by atoms with E-state index in [1.807, 2.05) is 17.0 Å². The predicted octanol–water partition coefficient (Wildman–Crippen LogP) is 3.80. The van der Waals surface area contributed by atoms with Crippen LogP contribution in [0.5, 0.6) is 5.75 Å². The van der Waals surface area contributed by atoms with Crippen LogP contribution in [0.25, 0.3) is 0 Å². The Hall–Kier alpha value is -2.04. The summed E-state index contributed by atoms with van der Waals surface area (Å²) in [5.41, 5.74) is 1.07. The van der Waals surface area contributed by atoms with Gasteiger partial charge in [0, 0.05) is 31.0 Å². The number of carbonyl (C=O) groups excluding carboxylic acids is 2. The van der Waals surface area contributed by atoms with Crippen molar-refractivity contribution in [2.24, 2.45) is 5.41 Å². The zero-order valence-corrected chi connectivity index (χ0v) is 17.7. The van der Waals surface area contributed by atoms with Crippen LogP contribution in [-0.4, -0.2) is 53.9 Å². The number of benzene rings is 1. The summed E-state index contributed by atoms with van der Waals surface area (Å²) < 4.78 is 5.99. The molecule has 2 bridgehead atoms. The van der Waals surface area contributed by atoms with Gasteiger partial charge in [-0.05, 0) is 69.1 Å². The summed E-state index contributed by atoms with van der Waals surface area (Å²) >= 11 is 0. The van der Waals surface area contributed by atoms with Gasteiger partial charge in [0.15, 0.2) is 0 Å². The number of nitrogens with zero attached hydrogens (tertiary/aromatic N) is 2. The predicted molar refractivity (Wildman–Crippen MR) is 113 cm³/mol. The molecule has 1 saturated heterocycles. The van der Waals surface area contributed by atoms with Crippen LogP contribution >= 0.6 is 0 Å². The topological polar surface area (TPSA) is 49.9 Å². The highest BCUT2D eigenvalue weighted by molar-refractivity contribution is 5.85. The molecule has 0 aromatic heterocycles. The lowest BCUT2D eigenvalue weighted by molar-refractivity contribution is -0.138. The van der Waals surface area contributed by atoms with Crippen LogP contribution in [0, 0.1) is 5.41 Å². The molecule has 0 N–H and O–H groups in total. The quantitative estimate of drug-likeness (QED) is 0.723. The number of fused-ring (bicyclic) bond motifs is 3. The minimum Gasteiger partial charge on any atom is -0.492 e. The maximum atomic E-state index is 12.9. The molecule has 4 rings (SSSR count). The second kappa shape index (κ2) is 8.76. The van der Waals surface area contributed by atoms with Crippen molar-refractivity contribution in [2.75, 3.05) is 26.2 Å². The second-order valence-corrected chi connectivity index (χ2v) is 9.23. The summed E-state index contributed by atoms with van der Waals surface area (Å²) in [5.74, 6) is 1.36. The molecular weight excluding hydrogens is 364 g/mol. The van der Waals surface area contributed by atoms with Gasteiger partial charge in [-0.3, -0.25) is 9.59 Å². The zero-order chi connectivity index (χ0) is 20.3. The van der Waals surface area contributed by atoms with Gasteiger partial charge in [0.2, 0.25) is 11.8 Å². The fraction of sp³-hybridized carbons (Fsp3) is 0.667. The molecular formula is C24H34N2O3. The van der Waals surface area contributed by atoms with E-state index < -0.39 is 0 Å². The number of hydrogen-bond acceptors (Lipinski definition) is 3. The molecule has 2 heterocycles. The normalized spacial score (nSPS) is 25.3. The highest BCUT2D eigenvalue weighted by atomic mass is 16.5. The van der Waals surface area contributed by atoms with Gasteiger partial charge in [0.1, 0.15) is 12.4 Å². The minimum absolute atomic E-state index is 0.190. The summed E-state index contributed by atoms with van der Waals surface area (Å²) in [7, 11) is 0. The third-order valence-electron chi connectivity index (χ3n) is 6.86. The van der Waals surface area contributed by atoms with Gasteiger partial charge >= 0.3 is 0 Å². The van der Waals surface area contributed by atoms with Crippen LogP contribution in [0.15, 0.2) is 24.3 Å². The van der Waals surface area contributed by atoms with Crippen molar-refractivity contribution in [3.8, 4) is 5.75 Å². The van der Waals surface area contributed by atoms with Crippen molar-refractivity contribution in [3.63, 3.8) is 0 Å². The standard InChI is InChI=1S/C24H34N2O3/c1-24(12-13-24)23(28)25-14-5-9-22(27)26-15-3-2-7-20(26)11-10-19-6-4-8-21(18-19)29-17-16-25/h4,6,8,18,20H,2-3,5,7,9-17H2,1H3. The van der Waals surface area contributed by atoms with Crippen LogP contribution < -0.4 is 4.74 Å². The van der Waals surface area contributed by atoms with Crippen molar-refractivity contribution >= 4 is 11.8 Å². The molecule has 0 radical (unpaired) electrons. The fourth-order valence-electron chi connectivity index (χ4n) is 4.69. The van der Waals surface area contributed by atoms with Crippen molar-refractivity contribution in [2.45, 2.75) is 70.8 Å². The van der Waals surface area contributed by atoms with Crippen molar-refractivity contribution < 1.29 is 14.3 Å². The van der Waals surface area contributed by atoms with E-state index >= 15 is 0 Å². The molecule has 3 aliphatic rings. The first-order valence-corrected chi connectivity index (χ1v) is 11.4. The third kappa shape index (κ3) is 4.93. The lowest BCUT2D eigenvalue weighted by Gasteiger charge is -2.36. The first-order chi connectivity index (χ1) is 14.0. The molecule has 1 aromatic rings. The monoisotopic (exact) mass is 398 g/mol. The van der Waals surface area contributed by atoms with E-state index in [4.69, 9.17) is 4.74 Å². The Morgan fingerprint density at radius 1 is 1.07 bits per heavy atom. The molecule has 29 heavy (non-hydrogen) atoms. The van der Waals surface area contributed by atoms with Crippen LogP contribution in [0.1, 0.15) is 63.9 Å². The van der Waals surface area contributed by atoms with Gasteiger partial charge in [-0.2, -0.15) is 0 Å². The Morgan fingerprint density at radius 2 is 1.93 bits per heavy atom. The average Bonchev–Trinajstić information content (AvgIpc) is 3.49. The van der Waals surface area contributed by atoms with E-state index in [0.717, 1.165) is 57.2 Å². The molecule has 2 aliphatic heterocycles. The SMILES string of the molecule is CC1(C(=O)N2CCCC(=O)N3CCCCC3CCc3cccc(c3)OCC2)CC1. The number of piperidine rings is 1. The van der Waals surface area contributed by atoms with Gasteiger partial charge in [0.05, 0.1) is 6.54 Å². The first kappa shape index (κ1) is 20.2. The Balaban J connectivity index is 1.50. The Labute approximate surface area is 174 Å². The Bertz CT molecular complexity index is 743. The Morgan fingerprint density at radius 3 is 2.76 bits per heavy atom. The molecule has 1 aliphatic carbocycles. The summed E-state index contributed by atoms with van der Waals surface area (Å²) in [6, 6.07) is 8.63. The van der Waals surface area contributed by atoms with Crippen LogP contribution in [-0.2, 0) is 16.0 Å². The smallest absolute Gasteiger partial charge is 0.228 e. The summed E-state index contributed by atoms with van der Waals surface area (Å²) in [6.07, 6.45) is 8.60. The van der Waals surface area contributed by atoms with Gasteiger partial charge in [-0.15, -0.1) is 0 Å². The zero-order valence-electron chi connectivity index (χ0n) is 17.7. The van der Waals surface area contributed by atoms with Gasteiger partial charge < -0.3 is 14.5 Å². The largest absolute Gasteiger partial charge is 0.492 e. The Kier molecular flexibility index (Phi) is 6.12. The van der Waals surface area contributed by atoms with Crippen LogP contribution in [0.3, 0.4) is 0 Å². The number of carbonyl (C=O) groups is 2. The molecule has 1 aromatic carbocycles. The van der Waals surface area contributed by atoms with Crippen molar-refractivity contribution in [1.82, 2.24) is 9.80 Å². The number of amides is 2. The van der Waals surface area contributed by atoms with Crippen molar-refractivity contribution in [1.29, 1.82) is 0 Å². The van der Waals surface area contributed by atoms with E-state index in [0.29, 0.717) is 32.2 Å². The van der Waals surface area contributed by atoms with Gasteiger partial charge in [0.25, 0.3) is 0 Å². The number of ether oxygens (including phenoxy) is 1. The first-order valence-electron chi connectivity index (χ1n) is 11.4. The molecule has 2 fully saturated rings. The van der Waals surface area contributed by atoms with E-state index in [1.54, 1.807) is 0 Å². The lowest BCUT2D eigenvalue weighted by atomic mass is 9.95.